The molecule has 116 valence electrons. The molecule has 21 heavy (non-hydrogen) atoms. The van der Waals surface area contributed by atoms with Gasteiger partial charge in [0.05, 0.1) is 0 Å². The number of hydrogen-bond acceptors (Lipinski definition) is 5. The minimum absolute atomic E-state index is 0.0891. The molecule has 0 radical (unpaired) electrons. The summed E-state index contributed by atoms with van der Waals surface area (Å²) in [6.07, 6.45) is 0.693. The number of carbonyl (C=O) groups excluding carboxylic acids is 2. The maximum Gasteiger partial charge on any atom is 0.320 e. The molecule has 0 bridgehead atoms. The second-order valence-corrected chi connectivity index (χ2v) is 4.99. The van der Waals surface area contributed by atoms with E-state index in [1.165, 1.54) is 0 Å². The smallest absolute Gasteiger partial charge is 0.320 e. The average Bonchev–Trinajstić information content (AvgIpc) is 3.06. The van der Waals surface area contributed by atoms with Crippen molar-refractivity contribution in [1.29, 1.82) is 0 Å². The number of carbonyl (C=O) groups is 2. The van der Waals surface area contributed by atoms with Gasteiger partial charge < -0.3 is 19.2 Å². The summed E-state index contributed by atoms with van der Waals surface area (Å²) in [5, 5.41) is 3.81. The van der Waals surface area contributed by atoms with Crippen molar-refractivity contribution in [3.8, 4) is 0 Å². The molecule has 2 heterocycles. The number of rotatable bonds is 6. The van der Waals surface area contributed by atoms with Gasteiger partial charge in [-0.3, -0.25) is 4.79 Å². The highest BCUT2D eigenvalue weighted by atomic mass is 16.5. The predicted molar refractivity (Wildman–Crippen MR) is 74.4 cm³/mol. The molecule has 1 aromatic heterocycles. The largest absolute Gasteiger partial charge is 0.337 e. The van der Waals surface area contributed by atoms with Crippen molar-refractivity contribution in [2.75, 3.05) is 33.2 Å². The topological polar surface area (TPSA) is 82.8 Å². The molecule has 0 atom stereocenters. The van der Waals surface area contributed by atoms with Crippen LogP contribution in [0.15, 0.2) is 4.52 Å². The Bertz CT molecular complexity index is 516. The van der Waals surface area contributed by atoms with Crippen LogP contribution >= 0.6 is 0 Å². The zero-order valence-corrected chi connectivity index (χ0v) is 12.7. The van der Waals surface area contributed by atoms with Gasteiger partial charge in [-0.25, -0.2) is 4.79 Å². The molecule has 0 saturated carbocycles. The maximum absolute atomic E-state index is 12.3. The first-order valence-corrected chi connectivity index (χ1v) is 7.14. The van der Waals surface area contributed by atoms with E-state index in [1.54, 1.807) is 21.7 Å². The summed E-state index contributed by atoms with van der Waals surface area (Å²) >= 11 is 0. The van der Waals surface area contributed by atoms with Gasteiger partial charge in [0, 0.05) is 33.1 Å². The van der Waals surface area contributed by atoms with Gasteiger partial charge in [-0.15, -0.1) is 0 Å². The van der Waals surface area contributed by atoms with E-state index in [0.717, 1.165) is 0 Å². The minimum atomic E-state index is -0.114. The van der Waals surface area contributed by atoms with Gasteiger partial charge in [-0.1, -0.05) is 12.1 Å². The molecular weight excluding hydrogens is 274 g/mol. The first-order valence-electron chi connectivity index (χ1n) is 7.14. The summed E-state index contributed by atoms with van der Waals surface area (Å²) in [7, 11) is 1.73. The normalized spacial score (nSPS) is 14.9. The van der Waals surface area contributed by atoms with E-state index >= 15 is 0 Å². The maximum atomic E-state index is 12.3. The molecule has 8 nitrogen and oxygen atoms in total. The molecule has 0 aliphatic carbocycles. The Morgan fingerprint density at radius 1 is 1.38 bits per heavy atom. The van der Waals surface area contributed by atoms with E-state index in [2.05, 4.69) is 10.1 Å². The SMILES string of the molecule is CCc1noc(CN(CC)C(=O)CN2CCN(C)C2=O)n1. The lowest BCUT2D eigenvalue weighted by Crippen LogP contribution is -2.41. The molecule has 0 aromatic carbocycles. The van der Waals surface area contributed by atoms with Crippen LogP contribution in [0.3, 0.4) is 0 Å². The highest BCUT2D eigenvalue weighted by Crippen LogP contribution is 2.08. The lowest BCUT2D eigenvalue weighted by molar-refractivity contribution is -0.132. The van der Waals surface area contributed by atoms with Gasteiger partial charge in [0.15, 0.2) is 5.82 Å². The van der Waals surface area contributed by atoms with Crippen LogP contribution in [0.25, 0.3) is 0 Å². The lowest BCUT2D eigenvalue weighted by Gasteiger charge is -2.22. The molecule has 0 N–H and O–H groups in total. The molecule has 1 saturated heterocycles. The van der Waals surface area contributed by atoms with Gasteiger partial charge in [0.1, 0.15) is 13.1 Å². The van der Waals surface area contributed by atoms with Crippen molar-refractivity contribution >= 4 is 11.9 Å². The number of likely N-dealkylation sites (N-methyl/N-ethyl adjacent to an activating group) is 2. The second-order valence-electron chi connectivity index (χ2n) is 4.99. The van der Waals surface area contributed by atoms with Crippen LogP contribution < -0.4 is 0 Å². The molecule has 1 fully saturated rings. The Kier molecular flexibility index (Phi) is 4.77. The zero-order chi connectivity index (χ0) is 15.4. The van der Waals surface area contributed by atoms with E-state index in [0.29, 0.717) is 37.8 Å². The van der Waals surface area contributed by atoms with E-state index in [1.807, 2.05) is 13.8 Å². The number of hydrogen-bond donors (Lipinski definition) is 0. The molecule has 2 rings (SSSR count). The van der Waals surface area contributed by atoms with Crippen LogP contribution in [0.1, 0.15) is 25.6 Å². The third-order valence-electron chi connectivity index (χ3n) is 3.52. The van der Waals surface area contributed by atoms with Crippen LogP contribution in [-0.4, -0.2) is 70.0 Å². The van der Waals surface area contributed by atoms with Crippen molar-refractivity contribution in [2.24, 2.45) is 0 Å². The molecule has 3 amide bonds. The average molecular weight is 295 g/mol. The summed E-state index contributed by atoms with van der Waals surface area (Å²) in [6, 6.07) is -0.106. The zero-order valence-electron chi connectivity index (χ0n) is 12.7. The molecule has 0 unspecified atom stereocenters. The Balaban J connectivity index is 1.93. The first kappa shape index (κ1) is 15.3. The number of nitrogens with zero attached hydrogens (tertiary/aromatic N) is 5. The number of urea groups is 1. The van der Waals surface area contributed by atoms with Crippen molar-refractivity contribution < 1.29 is 14.1 Å². The Morgan fingerprint density at radius 3 is 2.67 bits per heavy atom. The monoisotopic (exact) mass is 295 g/mol. The highest BCUT2D eigenvalue weighted by molar-refractivity contribution is 5.85. The second kappa shape index (κ2) is 6.55. The third kappa shape index (κ3) is 3.50. The Hall–Kier alpha value is -2.12. The fourth-order valence-corrected chi connectivity index (χ4v) is 2.15. The predicted octanol–water partition coefficient (Wildman–Crippen LogP) is 0.348. The van der Waals surface area contributed by atoms with Gasteiger partial charge in [0.25, 0.3) is 0 Å². The van der Waals surface area contributed by atoms with Crippen LogP contribution in [-0.2, 0) is 17.8 Å². The summed E-state index contributed by atoms with van der Waals surface area (Å²) < 4.78 is 5.10. The summed E-state index contributed by atoms with van der Waals surface area (Å²) in [5.41, 5.74) is 0. The fourth-order valence-electron chi connectivity index (χ4n) is 2.15. The molecule has 0 spiro atoms. The van der Waals surface area contributed by atoms with Gasteiger partial charge in [-0.2, -0.15) is 4.98 Å². The van der Waals surface area contributed by atoms with E-state index in [-0.39, 0.29) is 25.0 Å². The van der Waals surface area contributed by atoms with Crippen LogP contribution in [0.5, 0.6) is 0 Å². The standard InChI is InChI=1S/C13H21N5O3/c1-4-10-14-11(21-15-10)8-17(5-2)12(19)9-18-7-6-16(3)13(18)20/h4-9H2,1-3H3. The minimum Gasteiger partial charge on any atom is -0.337 e. The van der Waals surface area contributed by atoms with Gasteiger partial charge in [-0.05, 0) is 6.92 Å². The van der Waals surface area contributed by atoms with E-state index in [9.17, 15) is 9.59 Å². The van der Waals surface area contributed by atoms with E-state index in [4.69, 9.17) is 4.52 Å². The Labute approximate surface area is 123 Å². The molecule has 1 aliphatic heterocycles. The van der Waals surface area contributed by atoms with Crippen molar-refractivity contribution in [2.45, 2.75) is 26.8 Å². The summed E-state index contributed by atoms with van der Waals surface area (Å²) in [4.78, 5) is 33.0. The summed E-state index contributed by atoms with van der Waals surface area (Å²) in [5.74, 6) is 0.939. The Morgan fingerprint density at radius 2 is 2.14 bits per heavy atom. The molecular formula is C13H21N5O3. The fraction of sp³-hybridized carbons (Fsp3) is 0.692. The summed E-state index contributed by atoms with van der Waals surface area (Å²) in [6.45, 7) is 5.95. The molecule has 1 aromatic rings. The van der Waals surface area contributed by atoms with Crippen molar-refractivity contribution in [1.82, 2.24) is 24.8 Å². The van der Waals surface area contributed by atoms with Crippen molar-refractivity contribution in [3.63, 3.8) is 0 Å². The highest BCUT2D eigenvalue weighted by Gasteiger charge is 2.28. The van der Waals surface area contributed by atoms with Gasteiger partial charge >= 0.3 is 6.03 Å². The third-order valence-corrected chi connectivity index (χ3v) is 3.52. The van der Waals surface area contributed by atoms with Crippen LogP contribution in [0, 0.1) is 0 Å². The molecule has 8 heteroatoms. The van der Waals surface area contributed by atoms with E-state index < -0.39 is 0 Å². The molecule has 1 aliphatic rings. The number of amides is 3. The van der Waals surface area contributed by atoms with Crippen LogP contribution in [0.4, 0.5) is 4.79 Å². The van der Waals surface area contributed by atoms with Crippen molar-refractivity contribution in [3.05, 3.63) is 11.7 Å². The van der Waals surface area contributed by atoms with Gasteiger partial charge in [0.2, 0.25) is 11.8 Å². The number of aryl methyl sites for hydroxylation is 1. The lowest BCUT2D eigenvalue weighted by atomic mass is 10.4. The quantitative estimate of drug-likeness (QED) is 0.756. The number of aromatic nitrogens is 2. The first-order chi connectivity index (χ1) is 10.0. The van der Waals surface area contributed by atoms with Crippen LogP contribution in [0.2, 0.25) is 0 Å².